The maximum atomic E-state index is 12.7. The van der Waals surface area contributed by atoms with Crippen molar-refractivity contribution >= 4 is 65.4 Å². The van der Waals surface area contributed by atoms with Crippen LogP contribution in [0.5, 0.6) is 0 Å². The predicted octanol–water partition coefficient (Wildman–Crippen LogP) is 5.61. The molecule has 0 atom stereocenters. The van der Waals surface area contributed by atoms with Crippen LogP contribution in [0.4, 0.5) is 19.9 Å². The number of nitrogens with zero attached hydrogens (tertiary/aromatic N) is 6. The number of amides is 4. The molecule has 2 saturated heterocycles. The number of piperidine rings is 2. The zero-order chi connectivity index (χ0) is 30.5. The van der Waals surface area contributed by atoms with Gasteiger partial charge in [-0.2, -0.15) is 0 Å². The SMILES string of the molecule is CN(c1nc2ccccc2s1)C1CCN(C(=O)NCCCCNC(=O)N2CCC(N(C)c3nc4ccccc4s3)CC2)CC1. The summed E-state index contributed by atoms with van der Waals surface area (Å²) in [6.45, 7) is 4.21. The molecule has 2 fully saturated rings. The first-order valence-corrected chi connectivity index (χ1v) is 17.3. The Morgan fingerprint density at radius 1 is 0.705 bits per heavy atom. The van der Waals surface area contributed by atoms with Crippen LogP contribution in [0.2, 0.25) is 0 Å². The topological polar surface area (TPSA) is 96.9 Å². The number of rotatable bonds is 9. The molecule has 2 aliphatic heterocycles. The molecule has 0 unspecified atom stereocenters. The normalized spacial score (nSPS) is 16.4. The second kappa shape index (κ2) is 14.0. The molecule has 2 aromatic heterocycles. The number of benzene rings is 2. The second-order valence-corrected chi connectivity index (χ2v) is 13.8. The van der Waals surface area contributed by atoms with Crippen LogP contribution in [0, 0.1) is 0 Å². The van der Waals surface area contributed by atoms with Crippen LogP contribution < -0.4 is 20.4 Å². The van der Waals surface area contributed by atoms with Gasteiger partial charge in [0.2, 0.25) is 0 Å². The molecule has 0 saturated carbocycles. The summed E-state index contributed by atoms with van der Waals surface area (Å²) in [6, 6.07) is 17.3. The second-order valence-electron chi connectivity index (χ2n) is 11.8. The van der Waals surface area contributed by atoms with Gasteiger partial charge in [-0.05, 0) is 62.8 Å². The van der Waals surface area contributed by atoms with E-state index in [-0.39, 0.29) is 12.1 Å². The smallest absolute Gasteiger partial charge is 0.317 e. The molecule has 2 aromatic carbocycles. The van der Waals surface area contributed by atoms with Gasteiger partial charge >= 0.3 is 12.1 Å². The number of hydrogen-bond acceptors (Lipinski definition) is 8. The lowest BCUT2D eigenvalue weighted by Gasteiger charge is -2.36. The van der Waals surface area contributed by atoms with Gasteiger partial charge in [0.05, 0.1) is 20.4 Å². The Bertz CT molecular complexity index is 1380. The monoisotopic (exact) mass is 634 g/mol. The Morgan fingerprint density at radius 3 is 1.48 bits per heavy atom. The summed E-state index contributed by atoms with van der Waals surface area (Å²) in [5.74, 6) is 0. The van der Waals surface area contributed by atoms with Crippen molar-refractivity contribution in [2.75, 3.05) is 63.2 Å². The molecular weight excluding hydrogens is 593 g/mol. The molecule has 2 N–H and O–H groups in total. The van der Waals surface area contributed by atoms with Crippen LogP contribution in [-0.2, 0) is 0 Å². The zero-order valence-electron chi connectivity index (χ0n) is 25.6. The van der Waals surface area contributed by atoms with Crippen LogP contribution in [0.15, 0.2) is 48.5 Å². The van der Waals surface area contributed by atoms with Crippen molar-refractivity contribution in [3.63, 3.8) is 0 Å². The maximum absolute atomic E-state index is 12.7. The van der Waals surface area contributed by atoms with E-state index in [2.05, 4.69) is 58.8 Å². The number of anilines is 2. The average Bonchev–Trinajstić information content (AvgIpc) is 3.70. The van der Waals surface area contributed by atoms with E-state index >= 15 is 0 Å². The minimum Gasteiger partial charge on any atom is -0.348 e. The van der Waals surface area contributed by atoms with E-state index in [0.717, 1.165) is 86.0 Å². The first-order chi connectivity index (χ1) is 21.5. The summed E-state index contributed by atoms with van der Waals surface area (Å²) in [5.41, 5.74) is 2.08. The number of likely N-dealkylation sites (tertiary alicyclic amines) is 2. The van der Waals surface area contributed by atoms with Gasteiger partial charge < -0.3 is 30.2 Å². The van der Waals surface area contributed by atoms with Gasteiger partial charge in [0.15, 0.2) is 10.3 Å². The Hall–Kier alpha value is -3.64. The molecular formula is C32H42N8O2S2. The van der Waals surface area contributed by atoms with E-state index < -0.39 is 0 Å². The fraction of sp³-hybridized carbons (Fsp3) is 0.500. The molecule has 4 aromatic rings. The number of aromatic nitrogens is 2. The number of nitrogens with one attached hydrogen (secondary N) is 2. The van der Waals surface area contributed by atoms with Crippen molar-refractivity contribution in [2.45, 2.75) is 50.6 Å². The van der Waals surface area contributed by atoms with Crippen LogP contribution in [-0.4, -0.2) is 97.3 Å². The molecule has 0 spiro atoms. The summed E-state index contributed by atoms with van der Waals surface area (Å²) < 4.78 is 2.41. The zero-order valence-corrected chi connectivity index (χ0v) is 27.2. The molecule has 2 aliphatic rings. The highest BCUT2D eigenvalue weighted by Gasteiger charge is 2.28. The summed E-state index contributed by atoms with van der Waals surface area (Å²) in [5, 5.41) is 8.21. The van der Waals surface area contributed by atoms with Gasteiger partial charge in [-0.25, -0.2) is 19.6 Å². The highest BCUT2D eigenvalue weighted by Crippen LogP contribution is 2.32. The van der Waals surface area contributed by atoms with Gasteiger partial charge in [0.1, 0.15) is 0 Å². The van der Waals surface area contributed by atoms with Crippen molar-refractivity contribution in [3.05, 3.63) is 48.5 Å². The van der Waals surface area contributed by atoms with Crippen LogP contribution in [0.1, 0.15) is 38.5 Å². The van der Waals surface area contributed by atoms with Gasteiger partial charge in [-0.1, -0.05) is 46.9 Å². The van der Waals surface area contributed by atoms with E-state index in [1.807, 2.05) is 34.1 Å². The fourth-order valence-electron chi connectivity index (χ4n) is 6.11. The highest BCUT2D eigenvalue weighted by atomic mass is 32.1. The number of unbranched alkanes of at least 4 members (excludes halogenated alkanes) is 1. The molecule has 0 bridgehead atoms. The molecule has 4 amide bonds. The number of carbonyl (C=O) groups excluding carboxylic acids is 2. The van der Waals surface area contributed by atoms with Crippen LogP contribution >= 0.6 is 22.7 Å². The number of thiazole rings is 2. The number of urea groups is 2. The number of hydrogen-bond donors (Lipinski definition) is 2. The Labute approximate surface area is 267 Å². The number of para-hydroxylation sites is 2. The lowest BCUT2D eigenvalue weighted by Crippen LogP contribution is -2.49. The lowest BCUT2D eigenvalue weighted by atomic mass is 10.0. The van der Waals surface area contributed by atoms with Gasteiger partial charge in [-0.15, -0.1) is 0 Å². The third kappa shape index (κ3) is 7.02. The van der Waals surface area contributed by atoms with Crippen molar-refractivity contribution in [1.29, 1.82) is 0 Å². The van der Waals surface area contributed by atoms with E-state index in [9.17, 15) is 9.59 Å². The molecule has 12 heteroatoms. The van der Waals surface area contributed by atoms with Gasteiger partial charge in [-0.3, -0.25) is 0 Å². The third-order valence-corrected chi connectivity index (χ3v) is 11.2. The van der Waals surface area contributed by atoms with Crippen molar-refractivity contribution in [1.82, 2.24) is 30.4 Å². The van der Waals surface area contributed by atoms with Crippen molar-refractivity contribution in [3.8, 4) is 0 Å². The fourth-order valence-corrected chi connectivity index (χ4v) is 8.11. The Morgan fingerprint density at radius 2 is 1.09 bits per heavy atom. The van der Waals surface area contributed by atoms with E-state index in [4.69, 9.17) is 9.97 Å². The van der Waals surface area contributed by atoms with Gasteiger partial charge in [0, 0.05) is 65.4 Å². The highest BCUT2D eigenvalue weighted by molar-refractivity contribution is 7.22. The molecule has 0 radical (unpaired) electrons. The summed E-state index contributed by atoms with van der Waals surface area (Å²) in [7, 11) is 4.23. The minimum atomic E-state index is 0.00816. The molecule has 6 rings (SSSR count). The first kappa shape index (κ1) is 30.4. The quantitative estimate of drug-likeness (QED) is 0.233. The molecule has 10 nitrogen and oxygen atoms in total. The van der Waals surface area contributed by atoms with Crippen molar-refractivity contribution < 1.29 is 9.59 Å². The summed E-state index contributed by atoms with van der Waals surface area (Å²) in [6.07, 6.45) is 5.39. The average molecular weight is 635 g/mol. The standard InChI is InChI=1S/C32H42N8O2S2/c1-37(31-35-25-9-3-5-11-27(25)43-31)23-13-19-39(20-14-23)29(41)33-17-7-8-18-34-30(42)40-21-15-24(16-22-40)38(2)32-36-26-10-4-6-12-28(26)44-32/h3-6,9-12,23-24H,7-8,13-22H2,1-2H3,(H,33,41)(H,34,42). The maximum Gasteiger partial charge on any atom is 0.317 e. The Balaban J connectivity index is 0.831. The van der Waals surface area contributed by atoms with E-state index in [0.29, 0.717) is 25.2 Å². The third-order valence-electron chi connectivity index (χ3n) is 8.92. The first-order valence-electron chi connectivity index (χ1n) is 15.7. The summed E-state index contributed by atoms with van der Waals surface area (Å²) >= 11 is 3.45. The van der Waals surface area contributed by atoms with E-state index in [1.54, 1.807) is 22.7 Å². The Kier molecular flexibility index (Phi) is 9.66. The van der Waals surface area contributed by atoms with Crippen LogP contribution in [0.25, 0.3) is 20.4 Å². The minimum absolute atomic E-state index is 0.00816. The van der Waals surface area contributed by atoms with Crippen LogP contribution in [0.3, 0.4) is 0 Å². The van der Waals surface area contributed by atoms with Crippen molar-refractivity contribution in [2.24, 2.45) is 0 Å². The summed E-state index contributed by atoms with van der Waals surface area (Å²) in [4.78, 5) is 43.4. The molecule has 0 aliphatic carbocycles. The number of fused-ring (bicyclic) bond motifs is 2. The molecule has 234 valence electrons. The molecule has 4 heterocycles. The van der Waals surface area contributed by atoms with Gasteiger partial charge in [0.25, 0.3) is 0 Å². The lowest BCUT2D eigenvalue weighted by molar-refractivity contribution is 0.179. The largest absolute Gasteiger partial charge is 0.348 e. The predicted molar refractivity (Wildman–Crippen MR) is 181 cm³/mol. The van der Waals surface area contributed by atoms with E-state index in [1.165, 1.54) is 9.40 Å². The molecule has 44 heavy (non-hydrogen) atoms. The number of carbonyl (C=O) groups is 2.